The van der Waals surface area contributed by atoms with E-state index in [0.29, 0.717) is 16.9 Å². The summed E-state index contributed by atoms with van der Waals surface area (Å²) in [4.78, 5) is 65.0. The lowest BCUT2D eigenvalue weighted by atomic mass is 9.73. The molecule has 1 saturated heterocycles. The molecule has 6 rings (SSSR count). The summed E-state index contributed by atoms with van der Waals surface area (Å²) >= 11 is 0. The van der Waals surface area contributed by atoms with E-state index >= 15 is 0 Å². The van der Waals surface area contributed by atoms with Crippen molar-refractivity contribution in [1.82, 2.24) is 0 Å². The Hall–Kier alpha value is -4.59. The first-order valence-electron chi connectivity index (χ1n) is 13.4. The molecular formula is C32H28N2O6. The quantitative estimate of drug-likeness (QED) is 0.268. The van der Waals surface area contributed by atoms with Gasteiger partial charge < -0.3 is 10.1 Å². The fourth-order valence-corrected chi connectivity index (χ4v) is 6.80. The number of imide groups is 1. The van der Waals surface area contributed by atoms with E-state index in [2.05, 4.69) is 17.4 Å². The van der Waals surface area contributed by atoms with Gasteiger partial charge >= 0.3 is 5.97 Å². The lowest BCUT2D eigenvalue weighted by Crippen LogP contribution is -2.33. The molecular weight excluding hydrogens is 508 g/mol. The predicted molar refractivity (Wildman–Crippen MR) is 147 cm³/mol. The summed E-state index contributed by atoms with van der Waals surface area (Å²) in [5.74, 6) is -1.97. The first-order valence-corrected chi connectivity index (χ1v) is 13.4. The van der Waals surface area contributed by atoms with Crippen LogP contribution < -0.4 is 10.2 Å². The number of anilines is 2. The fraction of sp³-hybridized carbons (Fsp3) is 0.281. The van der Waals surface area contributed by atoms with E-state index in [-0.39, 0.29) is 52.8 Å². The van der Waals surface area contributed by atoms with E-state index in [1.54, 1.807) is 36.4 Å². The molecule has 3 aliphatic rings. The summed E-state index contributed by atoms with van der Waals surface area (Å²) in [6, 6.07) is 22.8. The number of hydrogen-bond donors (Lipinski definition) is 1. The van der Waals surface area contributed by atoms with Crippen molar-refractivity contribution >= 4 is 40.8 Å². The number of nitrogens with one attached hydrogen (secondary N) is 1. The van der Waals surface area contributed by atoms with E-state index in [9.17, 15) is 24.0 Å². The van der Waals surface area contributed by atoms with Crippen molar-refractivity contribution in [2.24, 2.45) is 23.7 Å². The molecule has 3 fully saturated rings. The largest absolute Gasteiger partial charge is 0.452 e. The van der Waals surface area contributed by atoms with Gasteiger partial charge in [0.15, 0.2) is 12.4 Å². The number of nitrogens with zero attached hydrogens (tertiary/aromatic N) is 1. The molecule has 0 spiro atoms. The number of fused-ring (bicyclic) bond motifs is 5. The second-order valence-corrected chi connectivity index (χ2v) is 10.8. The molecule has 3 aromatic carbocycles. The molecule has 8 heteroatoms. The maximum atomic E-state index is 13.6. The number of benzene rings is 3. The zero-order valence-electron chi connectivity index (χ0n) is 21.9. The minimum absolute atomic E-state index is 0.127. The number of amides is 3. The maximum Gasteiger partial charge on any atom is 0.338 e. The zero-order valence-corrected chi connectivity index (χ0v) is 21.9. The molecule has 1 N–H and O–H groups in total. The highest BCUT2D eigenvalue weighted by Crippen LogP contribution is 2.61. The molecule has 2 aliphatic carbocycles. The Labute approximate surface area is 231 Å². The normalized spacial score (nSPS) is 24.6. The molecule has 202 valence electrons. The first kappa shape index (κ1) is 25.7. The van der Waals surface area contributed by atoms with Gasteiger partial charge in [-0.25, -0.2) is 4.79 Å². The second kappa shape index (κ2) is 10.2. The van der Waals surface area contributed by atoms with E-state index in [4.69, 9.17) is 4.74 Å². The number of esters is 1. The van der Waals surface area contributed by atoms with Crippen LogP contribution in [0.5, 0.6) is 0 Å². The molecule has 8 nitrogen and oxygen atoms in total. The number of carbonyl (C=O) groups is 5. The van der Waals surface area contributed by atoms with Crippen molar-refractivity contribution in [2.75, 3.05) is 16.8 Å². The van der Waals surface area contributed by atoms with E-state index in [1.165, 1.54) is 29.5 Å². The molecule has 0 unspecified atom stereocenters. The van der Waals surface area contributed by atoms with Crippen LogP contribution in [0, 0.1) is 23.7 Å². The lowest BCUT2D eigenvalue weighted by molar-refractivity contribution is -0.123. The molecule has 0 aromatic heterocycles. The van der Waals surface area contributed by atoms with Gasteiger partial charge in [0.1, 0.15) is 0 Å². The van der Waals surface area contributed by atoms with Crippen molar-refractivity contribution in [2.45, 2.75) is 25.7 Å². The number of hydrogen-bond acceptors (Lipinski definition) is 6. The smallest absolute Gasteiger partial charge is 0.338 e. The summed E-state index contributed by atoms with van der Waals surface area (Å²) < 4.78 is 5.19. The molecule has 2 bridgehead atoms. The third kappa shape index (κ3) is 4.49. The topological polar surface area (TPSA) is 110 Å². The van der Waals surface area contributed by atoms with Crippen LogP contribution in [0.1, 0.15) is 52.0 Å². The molecule has 3 aromatic rings. The van der Waals surface area contributed by atoms with Gasteiger partial charge in [0.2, 0.25) is 11.8 Å². The standard InChI is InChI=1S/C32H28N2O6/c1-18(35)20-9-5-11-23(13-20)33-27(36)17-40-32(39)21-10-6-12-24(14-21)34-30(37)28-22-15-25(19-7-3-2-4-8-19)26(16-22)29(28)31(34)38/h2-14,22,25-26,28-29H,15-17H2,1H3,(H,33,36)/t22-,25+,26+,28+,29+/m0/s1. The van der Waals surface area contributed by atoms with Gasteiger partial charge in [-0.05, 0) is 73.4 Å². The Kier molecular flexibility index (Phi) is 6.54. The van der Waals surface area contributed by atoms with Crippen LogP contribution in [0.3, 0.4) is 0 Å². The van der Waals surface area contributed by atoms with Crippen molar-refractivity contribution in [3.8, 4) is 0 Å². The van der Waals surface area contributed by atoms with Crippen LogP contribution in [0.15, 0.2) is 78.9 Å². The number of ketones is 1. The van der Waals surface area contributed by atoms with Crippen LogP contribution in [0.25, 0.3) is 0 Å². The third-order valence-electron chi connectivity index (χ3n) is 8.47. The monoisotopic (exact) mass is 536 g/mol. The van der Waals surface area contributed by atoms with Gasteiger partial charge in [0.05, 0.1) is 23.1 Å². The number of rotatable bonds is 7. The molecule has 5 atom stereocenters. The van der Waals surface area contributed by atoms with Gasteiger partial charge in [-0.1, -0.05) is 48.5 Å². The Morgan fingerprint density at radius 3 is 2.35 bits per heavy atom. The van der Waals surface area contributed by atoms with Gasteiger partial charge in [0.25, 0.3) is 5.91 Å². The van der Waals surface area contributed by atoms with Crippen molar-refractivity contribution < 1.29 is 28.7 Å². The number of carbonyl (C=O) groups excluding carboxylic acids is 5. The van der Waals surface area contributed by atoms with Gasteiger partial charge in [-0.15, -0.1) is 0 Å². The van der Waals surface area contributed by atoms with Crippen molar-refractivity contribution in [3.63, 3.8) is 0 Å². The average Bonchev–Trinajstić information content (AvgIpc) is 3.63. The molecule has 3 amide bonds. The van der Waals surface area contributed by atoms with Gasteiger partial charge in [-0.2, -0.15) is 0 Å². The van der Waals surface area contributed by atoms with Crippen molar-refractivity contribution in [1.29, 1.82) is 0 Å². The highest BCUT2D eigenvalue weighted by atomic mass is 16.5. The minimum atomic E-state index is -0.752. The Morgan fingerprint density at radius 2 is 1.57 bits per heavy atom. The number of Topliss-reactive ketones (excluding diaryl/α,β-unsaturated/α-hetero) is 1. The van der Waals surface area contributed by atoms with Crippen LogP contribution in [-0.4, -0.2) is 36.1 Å². The van der Waals surface area contributed by atoms with Crippen LogP contribution in [0.2, 0.25) is 0 Å². The molecule has 1 heterocycles. The Bertz CT molecular complexity index is 1530. The lowest BCUT2D eigenvalue weighted by Gasteiger charge is -2.28. The summed E-state index contributed by atoms with van der Waals surface area (Å²) in [7, 11) is 0. The summed E-state index contributed by atoms with van der Waals surface area (Å²) in [6.07, 6.45) is 1.78. The molecule has 0 radical (unpaired) electrons. The Morgan fingerprint density at radius 1 is 0.850 bits per heavy atom. The van der Waals surface area contributed by atoms with Crippen LogP contribution >= 0.6 is 0 Å². The van der Waals surface area contributed by atoms with E-state index < -0.39 is 18.5 Å². The average molecular weight is 537 g/mol. The number of ether oxygens (including phenoxy) is 1. The highest BCUT2D eigenvalue weighted by Gasteiger charge is 2.64. The van der Waals surface area contributed by atoms with Gasteiger partial charge in [0, 0.05) is 11.3 Å². The third-order valence-corrected chi connectivity index (χ3v) is 8.47. The Balaban J connectivity index is 1.13. The highest BCUT2D eigenvalue weighted by molar-refractivity contribution is 6.23. The van der Waals surface area contributed by atoms with E-state index in [0.717, 1.165) is 12.8 Å². The summed E-state index contributed by atoms with van der Waals surface area (Å²) in [5.41, 5.74) is 2.54. The maximum absolute atomic E-state index is 13.6. The molecule has 2 saturated carbocycles. The second-order valence-electron chi connectivity index (χ2n) is 10.8. The zero-order chi connectivity index (χ0) is 28.0. The minimum Gasteiger partial charge on any atom is -0.452 e. The fourth-order valence-electron chi connectivity index (χ4n) is 6.80. The summed E-state index contributed by atoms with van der Waals surface area (Å²) in [5, 5.41) is 2.60. The first-order chi connectivity index (χ1) is 19.3. The van der Waals surface area contributed by atoms with E-state index in [1.807, 2.05) is 18.2 Å². The molecule has 40 heavy (non-hydrogen) atoms. The van der Waals surface area contributed by atoms with Crippen LogP contribution in [0.4, 0.5) is 11.4 Å². The van der Waals surface area contributed by atoms with Crippen LogP contribution in [-0.2, 0) is 19.1 Å². The predicted octanol–water partition coefficient (Wildman–Crippen LogP) is 4.61. The van der Waals surface area contributed by atoms with Crippen molar-refractivity contribution in [3.05, 3.63) is 95.6 Å². The summed E-state index contributed by atoms with van der Waals surface area (Å²) in [6.45, 7) is 0.890. The molecule has 1 aliphatic heterocycles. The van der Waals surface area contributed by atoms with Gasteiger partial charge in [-0.3, -0.25) is 24.1 Å². The SMILES string of the molecule is CC(=O)c1cccc(NC(=O)COC(=O)c2cccc(N3C(=O)[C@@H]4[C@@H]5C[C@@H]([C@H]4C3=O)[C@@H](c3ccccc3)C5)c2)c1.